The Bertz CT molecular complexity index is 1390. The Morgan fingerprint density at radius 1 is 0.974 bits per heavy atom. The Balaban J connectivity index is 1.15. The molecule has 8 rings (SSSR count). The second-order valence-electron chi connectivity index (χ2n) is 14.4. The van der Waals surface area contributed by atoms with Crippen molar-refractivity contribution < 1.29 is 9.90 Å². The van der Waals surface area contributed by atoms with Crippen LogP contribution in [0.15, 0.2) is 29.1 Å². The highest BCUT2D eigenvalue weighted by molar-refractivity contribution is 5.81. The summed E-state index contributed by atoms with van der Waals surface area (Å²) in [5.74, 6) is 2.87. The van der Waals surface area contributed by atoms with Gasteiger partial charge in [0.15, 0.2) is 5.82 Å². The number of carboxylic acid groups (broad SMARTS) is 1. The average molecular weight is 531 g/mol. The van der Waals surface area contributed by atoms with E-state index in [0.29, 0.717) is 48.2 Å². The van der Waals surface area contributed by atoms with Crippen molar-refractivity contribution in [2.75, 3.05) is 11.4 Å². The second-order valence-corrected chi connectivity index (χ2v) is 14.4. The SMILES string of the molecule is CC1CCC2CC(n3c(=O)c(N4CCC4C(=O)O)nc4ccccc43)CC1N2C1CC2CC3CC(C1)C3(C)C2. The van der Waals surface area contributed by atoms with Crippen LogP contribution in [0.2, 0.25) is 0 Å². The van der Waals surface area contributed by atoms with Gasteiger partial charge in [0.05, 0.1) is 11.0 Å². The van der Waals surface area contributed by atoms with E-state index in [4.69, 9.17) is 4.98 Å². The van der Waals surface area contributed by atoms with Crippen LogP contribution in [-0.4, -0.2) is 56.2 Å². The molecule has 10 atom stereocenters. The van der Waals surface area contributed by atoms with Crippen molar-refractivity contribution in [3.63, 3.8) is 0 Å². The average Bonchev–Trinajstić information content (AvgIpc) is 3.05. The Labute approximate surface area is 230 Å². The molecule has 208 valence electrons. The van der Waals surface area contributed by atoms with Gasteiger partial charge in [0.1, 0.15) is 6.04 Å². The molecular formula is C32H42N4O3. The zero-order valence-electron chi connectivity index (χ0n) is 23.3. The van der Waals surface area contributed by atoms with Crippen molar-refractivity contribution in [1.29, 1.82) is 0 Å². The minimum Gasteiger partial charge on any atom is -0.480 e. The maximum absolute atomic E-state index is 14.1. The van der Waals surface area contributed by atoms with E-state index in [1.54, 1.807) is 4.90 Å². The van der Waals surface area contributed by atoms with Gasteiger partial charge in [-0.1, -0.05) is 26.0 Å². The molecule has 0 amide bonds. The quantitative estimate of drug-likeness (QED) is 0.594. The number of rotatable bonds is 4. The van der Waals surface area contributed by atoms with Crippen molar-refractivity contribution in [2.24, 2.45) is 29.1 Å². The number of para-hydroxylation sites is 2. The largest absolute Gasteiger partial charge is 0.480 e. The minimum absolute atomic E-state index is 0.107. The van der Waals surface area contributed by atoms with Crippen molar-refractivity contribution >= 4 is 22.8 Å². The molecule has 6 aliphatic rings. The number of nitrogens with zero attached hydrogens (tertiary/aromatic N) is 4. The van der Waals surface area contributed by atoms with Gasteiger partial charge in [-0.05, 0) is 105 Å². The van der Waals surface area contributed by atoms with E-state index in [1.807, 2.05) is 28.8 Å². The number of aromatic nitrogens is 2. The maximum Gasteiger partial charge on any atom is 0.326 e. The van der Waals surface area contributed by atoms with Crippen LogP contribution in [0.3, 0.4) is 0 Å². The number of fused-ring (bicyclic) bond motifs is 4. The van der Waals surface area contributed by atoms with E-state index in [1.165, 1.54) is 44.9 Å². The molecule has 1 aromatic heterocycles. The van der Waals surface area contributed by atoms with Crippen LogP contribution in [0.25, 0.3) is 11.0 Å². The van der Waals surface area contributed by atoms with Gasteiger partial charge in [0.25, 0.3) is 5.56 Å². The first-order valence-electron chi connectivity index (χ1n) is 15.6. The lowest BCUT2D eigenvalue weighted by Crippen LogP contribution is -2.61. The normalized spacial score (nSPS) is 43.0. The van der Waals surface area contributed by atoms with Crippen LogP contribution in [0.1, 0.15) is 84.1 Å². The molecule has 39 heavy (non-hydrogen) atoms. The van der Waals surface area contributed by atoms with Gasteiger partial charge in [-0.2, -0.15) is 0 Å². The number of carbonyl (C=O) groups is 1. The Hall–Kier alpha value is -2.41. The summed E-state index contributed by atoms with van der Waals surface area (Å²) >= 11 is 0. The molecule has 7 heteroatoms. The lowest BCUT2D eigenvalue weighted by molar-refractivity contribution is -0.140. The first-order chi connectivity index (χ1) is 18.8. The van der Waals surface area contributed by atoms with Crippen molar-refractivity contribution in [1.82, 2.24) is 14.5 Å². The Morgan fingerprint density at radius 3 is 2.59 bits per heavy atom. The molecule has 1 N–H and O–H groups in total. The zero-order valence-corrected chi connectivity index (χ0v) is 23.3. The van der Waals surface area contributed by atoms with E-state index in [9.17, 15) is 14.7 Å². The summed E-state index contributed by atoms with van der Waals surface area (Å²) in [6, 6.07) is 9.14. The maximum atomic E-state index is 14.1. The number of benzene rings is 1. The molecule has 3 saturated heterocycles. The van der Waals surface area contributed by atoms with Gasteiger partial charge < -0.3 is 14.6 Å². The minimum atomic E-state index is -0.873. The third-order valence-electron chi connectivity index (χ3n) is 12.6. The predicted octanol–water partition coefficient (Wildman–Crippen LogP) is 5.08. The van der Waals surface area contributed by atoms with E-state index in [2.05, 4.69) is 18.7 Å². The Morgan fingerprint density at radius 2 is 1.79 bits per heavy atom. The lowest BCUT2D eigenvalue weighted by atomic mass is 9.54. The third-order valence-corrected chi connectivity index (χ3v) is 12.6. The van der Waals surface area contributed by atoms with E-state index < -0.39 is 12.0 Å². The van der Waals surface area contributed by atoms with E-state index in [0.717, 1.165) is 41.6 Å². The molecule has 6 fully saturated rings. The van der Waals surface area contributed by atoms with Gasteiger partial charge >= 0.3 is 5.97 Å². The number of carboxylic acids is 1. The summed E-state index contributed by atoms with van der Waals surface area (Å²) in [6.07, 6.45) is 12.2. The zero-order chi connectivity index (χ0) is 26.6. The summed E-state index contributed by atoms with van der Waals surface area (Å²) in [4.78, 5) is 35.4. The van der Waals surface area contributed by atoms with Gasteiger partial charge in [0.2, 0.25) is 0 Å². The summed E-state index contributed by atoms with van der Waals surface area (Å²) in [6.45, 7) is 5.60. The Kier molecular flexibility index (Phi) is 5.34. The second kappa shape index (κ2) is 8.55. The number of aliphatic carboxylic acids is 1. The summed E-state index contributed by atoms with van der Waals surface area (Å²) in [7, 11) is 0. The fourth-order valence-corrected chi connectivity index (χ4v) is 10.5. The van der Waals surface area contributed by atoms with Crippen molar-refractivity contribution in [2.45, 2.75) is 108 Å². The summed E-state index contributed by atoms with van der Waals surface area (Å²) in [5.41, 5.74) is 2.19. The number of hydrogen-bond acceptors (Lipinski definition) is 5. The smallest absolute Gasteiger partial charge is 0.326 e. The molecule has 0 spiro atoms. The number of hydrogen-bond donors (Lipinski definition) is 1. The van der Waals surface area contributed by atoms with Gasteiger partial charge in [0, 0.05) is 30.7 Å². The molecule has 0 radical (unpaired) electrons. The van der Waals surface area contributed by atoms with Crippen LogP contribution in [0.5, 0.6) is 0 Å². The molecule has 1 aromatic carbocycles. The molecular weight excluding hydrogens is 488 g/mol. The molecule has 3 saturated carbocycles. The molecule has 3 aliphatic heterocycles. The highest BCUT2D eigenvalue weighted by Gasteiger charge is 2.60. The van der Waals surface area contributed by atoms with Crippen LogP contribution < -0.4 is 10.5 Å². The molecule has 4 bridgehead atoms. The first kappa shape index (κ1) is 24.4. The van der Waals surface area contributed by atoms with Gasteiger partial charge in [-0.25, -0.2) is 9.78 Å². The standard InChI is InChI=1S/C32H42N4O3/c1-18-7-8-22-15-24(16-28(18)35(22)23-12-19-11-20-13-21(14-23)32(20,2)17-19)36-26-6-4-3-5-25(26)33-29(30(36)37)34-10-9-27(34)31(38)39/h3-6,18-24,27-28H,7-17H2,1-2H3,(H,38,39). The van der Waals surface area contributed by atoms with Crippen LogP contribution in [0, 0.1) is 29.1 Å². The van der Waals surface area contributed by atoms with Crippen LogP contribution in [-0.2, 0) is 4.79 Å². The van der Waals surface area contributed by atoms with Crippen LogP contribution in [0.4, 0.5) is 5.82 Å². The van der Waals surface area contributed by atoms with Gasteiger partial charge in [-0.3, -0.25) is 9.69 Å². The third kappa shape index (κ3) is 3.47. The number of anilines is 1. The monoisotopic (exact) mass is 530 g/mol. The molecule has 2 aromatic rings. The fourth-order valence-electron chi connectivity index (χ4n) is 10.5. The molecule has 4 heterocycles. The summed E-state index contributed by atoms with van der Waals surface area (Å²) in [5, 5.41) is 9.69. The number of piperidine rings is 2. The highest BCUT2D eigenvalue weighted by Crippen LogP contribution is 2.67. The molecule has 7 nitrogen and oxygen atoms in total. The van der Waals surface area contributed by atoms with E-state index >= 15 is 0 Å². The fraction of sp³-hybridized carbons (Fsp3) is 0.719. The van der Waals surface area contributed by atoms with Gasteiger partial charge in [-0.15, -0.1) is 0 Å². The summed E-state index contributed by atoms with van der Waals surface area (Å²) < 4.78 is 2.02. The topological polar surface area (TPSA) is 78.7 Å². The molecule has 10 unspecified atom stereocenters. The van der Waals surface area contributed by atoms with Crippen molar-refractivity contribution in [3.8, 4) is 0 Å². The highest BCUT2D eigenvalue weighted by atomic mass is 16.4. The first-order valence-corrected chi connectivity index (χ1v) is 15.6. The van der Waals surface area contributed by atoms with E-state index in [-0.39, 0.29) is 11.6 Å². The lowest BCUT2D eigenvalue weighted by Gasteiger charge is -2.58. The van der Waals surface area contributed by atoms with Crippen molar-refractivity contribution in [3.05, 3.63) is 34.6 Å². The predicted molar refractivity (Wildman–Crippen MR) is 151 cm³/mol. The van der Waals surface area contributed by atoms with Crippen LogP contribution >= 0.6 is 0 Å². The molecule has 3 aliphatic carbocycles.